The molecule has 0 N–H and O–H groups in total. The maximum absolute atomic E-state index is 12.3. The lowest BCUT2D eigenvalue weighted by molar-refractivity contribution is 0.0322. The third-order valence-corrected chi connectivity index (χ3v) is 3.75. The Morgan fingerprint density at radius 2 is 2.00 bits per heavy atom. The van der Waals surface area contributed by atoms with Crippen LogP contribution in [-0.2, 0) is 11.5 Å². The van der Waals surface area contributed by atoms with Crippen molar-refractivity contribution in [3.63, 3.8) is 0 Å². The monoisotopic (exact) mass is 351 g/mol. The number of fused-ring (bicyclic) bond motifs is 2. The fourth-order valence-electron chi connectivity index (χ4n) is 2.55. The minimum absolute atomic E-state index is 0.145. The van der Waals surface area contributed by atoms with E-state index in [2.05, 4.69) is 25.4 Å². The normalized spacial score (nSPS) is 11.2. The van der Waals surface area contributed by atoms with Gasteiger partial charge in [0.05, 0.1) is 5.39 Å². The van der Waals surface area contributed by atoms with E-state index in [4.69, 9.17) is 4.74 Å². The molecule has 0 amide bonds. The van der Waals surface area contributed by atoms with E-state index in [0.717, 1.165) is 16.1 Å². The molecule has 10 nitrogen and oxygen atoms in total. The molecule has 0 atom stereocenters. The molecule has 0 unspecified atom stereocenters. The average Bonchev–Trinajstić information content (AvgIpc) is 3.05. The first kappa shape index (κ1) is 15.8. The number of rotatable bonds is 3. The van der Waals surface area contributed by atoms with Crippen molar-refractivity contribution >= 4 is 22.6 Å². The van der Waals surface area contributed by atoms with Gasteiger partial charge in [0, 0.05) is 11.4 Å². The number of aryl methyl sites for hydroxylation is 2. The van der Waals surface area contributed by atoms with E-state index in [1.807, 2.05) is 19.9 Å². The number of ether oxygens (including phenoxy) is 1. The summed E-state index contributed by atoms with van der Waals surface area (Å²) in [5.74, 6) is -0.625. The van der Waals surface area contributed by atoms with Gasteiger partial charge < -0.3 is 4.74 Å². The van der Waals surface area contributed by atoms with Crippen molar-refractivity contribution in [2.45, 2.75) is 20.6 Å². The van der Waals surface area contributed by atoms with Crippen LogP contribution < -0.4 is 5.56 Å². The SMILES string of the molecule is Cc1cc(C)n2nc(C(=O)OCn3nnc4ccccc4c3=O)nc2n1. The Bertz CT molecular complexity index is 1210. The van der Waals surface area contributed by atoms with E-state index in [-0.39, 0.29) is 5.82 Å². The van der Waals surface area contributed by atoms with Gasteiger partial charge in [0.2, 0.25) is 0 Å². The van der Waals surface area contributed by atoms with Crippen molar-refractivity contribution in [1.29, 1.82) is 0 Å². The molecule has 4 aromatic rings. The highest BCUT2D eigenvalue weighted by molar-refractivity contribution is 5.85. The number of esters is 1. The molecular weight excluding hydrogens is 338 g/mol. The van der Waals surface area contributed by atoms with Crippen LogP contribution in [0.25, 0.3) is 16.7 Å². The van der Waals surface area contributed by atoms with Crippen LogP contribution in [0.4, 0.5) is 0 Å². The summed E-state index contributed by atoms with van der Waals surface area (Å²) < 4.78 is 7.51. The molecule has 4 rings (SSSR count). The topological polar surface area (TPSA) is 117 Å². The Kier molecular flexibility index (Phi) is 3.64. The van der Waals surface area contributed by atoms with Crippen LogP contribution >= 0.6 is 0 Å². The number of nitrogens with zero attached hydrogens (tertiary/aromatic N) is 7. The van der Waals surface area contributed by atoms with Crippen molar-refractivity contribution in [3.05, 3.63) is 57.9 Å². The second-order valence-electron chi connectivity index (χ2n) is 5.66. The predicted octanol–water partition coefficient (Wildman–Crippen LogP) is 0.661. The van der Waals surface area contributed by atoms with Gasteiger partial charge in [-0.25, -0.2) is 14.3 Å². The maximum atomic E-state index is 12.3. The lowest BCUT2D eigenvalue weighted by Gasteiger charge is -2.04. The van der Waals surface area contributed by atoms with E-state index < -0.39 is 18.3 Å². The summed E-state index contributed by atoms with van der Waals surface area (Å²) in [5, 5.41) is 12.2. The molecule has 0 aliphatic heterocycles. The Balaban J connectivity index is 1.59. The maximum Gasteiger partial charge on any atom is 0.380 e. The van der Waals surface area contributed by atoms with Gasteiger partial charge >= 0.3 is 5.97 Å². The highest BCUT2D eigenvalue weighted by Crippen LogP contribution is 2.07. The van der Waals surface area contributed by atoms with Gasteiger partial charge in [-0.2, -0.15) is 9.67 Å². The Hall–Kier alpha value is -3.69. The Morgan fingerprint density at radius 3 is 2.85 bits per heavy atom. The standard InChI is InChI=1S/C16H13N7O3/c1-9-7-10(2)23-16(17-9)18-13(20-23)15(25)26-8-22-14(24)11-5-3-4-6-12(11)19-21-22/h3-7H,8H2,1-2H3. The summed E-state index contributed by atoms with van der Waals surface area (Å²) in [7, 11) is 0. The van der Waals surface area contributed by atoms with Gasteiger partial charge in [-0.3, -0.25) is 4.79 Å². The number of hydrogen-bond donors (Lipinski definition) is 0. The molecule has 0 bridgehead atoms. The highest BCUT2D eigenvalue weighted by atomic mass is 16.5. The van der Waals surface area contributed by atoms with Crippen LogP contribution in [0.15, 0.2) is 35.1 Å². The van der Waals surface area contributed by atoms with E-state index in [1.165, 1.54) is 4.52 Å². The third kappa shape index (κ3) is 2.66. The zero-order valence-corrected chi connectivity index (χ0v) is 13.9. The quantitative estimate of drug-likeness (QED) is 0.494. The first-order chi connectivity index (χ1) is 12.5. The second kappa shape index (κ2) is 5.99. The van der Waals surface area contributed by atoms with Crippen molar-refractivity contribution in [2.75, 3.05) is 0 Å². The number of aromatic nitrogens is 7. The lowest BCUT2D eigenvalue weighted by Crippen LogP contribution is -2.26. The van der Waals surface area contributed by atoms with E-state index in [0.29, 0.717) is 16.7 Å². The van der Waals surface area contributed by atoms with Crippen molar-refractivity contribution in [3.8, 4) is 0 Å². The fourth-order valence-corrected chi connectivity index (χ4v) is 2.55. The molecule has 3 heterocycles. The molecular formula is C16H13N7O3. The summed E-state index contributed by atoms with van der Waals surface area (Å²) in [5.41, 5.74) is 1.62. The van der Waals surface area contributed by atoms with Gasteiger partial charge in [0.15, 0.2) is 6.73 Å². The summed E-state index contributed by atoms with van der Waals surface area (Å²) in [6.07, 6.45) is 0. The first-order valence-corrected chi connectivity index (χ1v) is 7.73. The molecule has 0 saturated carbocycles. The molecule has 130 valence electrons. The molecule has 3 aromatic heterocycles. The van der Waals surface area contributed by atoms with Crippen LogP contribution in [0.1, 0.15) is 22.0 Å². The number of carbonyl (C=O) groups is 1. The van der Waals surface area contributed by atoms with Crippen LogP contribution in [0.2, 0.25) is 0 Å². The van der Waals surface area contributed by atoms with E-state index in [9.17, 15) is 9.59 Å². The molecule has 0 aliphatic carbocycles. The Labute approximate surface area is 146 Å². The third-order valence-electron chi connectivity index (χ3n) is 3.75. The number of hydrogen-bond acceptors (Lipinski definition) is 8. The largest absolute Gasteiger partial charge is 0.436 e. The van der Waals surface area contributed by atoms with Gasteiger partial charge in [0.25, 0.3) is 17.2 Å². The summed E-state index contributed by atoms with van der Waals surface area (Å²) in [6, 6.07) is 8.61. The van der Waals surface area contributed by atoms with Crippen molar-refractivity contribution in [1.82, 2.24) is 34.6 Å². The van der Waals surface area contributed by atoms with Crippen LogP contribution in [0.3, 0.4) is 0 Å². The molecule has 26 heavy (non-hydrogen) atoms. The van der Waals surface area contributed by atoms with E-state index >= 15 is 0 Å². The Morgan fingerprint density at radius 1 is 1.19 bits per heavy atom. The lowest BCUT2D eigenvalue weighted by atomic mass is 10.2. The van der Waals surface area contributed by atoms with Crippen LogP contribution in [0, 0.1) is 13.8 Å². The zero-order chi connectivity index (χ0) is 18.3. The van der Waals surface area contributed by atoms with Crippen molar-refractivity contribution < 1.29 is 9.53 Å². The number of benzene rings is 1. The van der Waals surface area contributed by atoms with Gasteiger partial charge in [0.1, 0.15) is 5.52 Å². The summed E-state index contributed by atoms with van der Waals surface area (Å²) in [4.78, 5) is 32.8. The van der Waals surface area contributed by atoms with Gasteiger partial charge in [-0.1, -0.05) is 17.3 Å². The van der Waals surface area contributed by atoms with Crippen LogP contribution in [-0.4, -0.2) is 40.5 Å². The van der Waals surface area contributed by atoms with E-state index in [1.54, 1.807) is 24.3 Å². The van der Waals surface area contributed by atoms with Crippen molar-refractivity contribution in [2.24, 2.45) is 0 Å². The highest BCUT2D eigenvalue weighted by Gasteiger charge is 2.17. The summed E-state index contributed by atoms with van der Waals surface area (Å²) >= 11 is 0. The fraction of sp³-hybridized carbons (Fsp3) is 0.188. The molecule has 0 aliphatic rings. The molecule has 0 radical (unpaired) electrons. The molecule has 0 fully saturated rings. The molecule has 0 saturated heterocycles. The van der Waals surface area contributed by atoms with Crippen LogP contribution in [0.5, 0.6) is 0 Å². The average molecular weight is 351 g/mol. The minimum Gasteiger partial charge on any atom is -0.436 e. The first-order valence-electron chi connectivity index (χ1n) is 7.73. The molecule has 10 heteroatoms. The summed E-state index contributed by atoms with van der Waals surface area (Å²) in [6.45, 7) is 3.26. The molecule has 1 aromatic carbocycles. The van der Waals surface area contributed by atoms with Gasteiger partial charge in [-0.05, 0) is 32.0 Å². The predicted molar refractivity (Wildman–Crippen MR) is 89.5 cm³/mol. The minimum atomic E-state index is -0.783. The zero-order valence-electron chi connectivity index (χ0n) is 13.9. The smallest absolute Gasteiger partial charge is 0.380 e. The second-order valence-corrected chi connectivity index (χ2v) is 5.66. The number of carbonyl (C=O) groups excluding carboxylic acids is 1. The molecule has 0 spiro atoms. The van der Waals surface area contributed by atoms with Gasteiger partial charge in [-0.15, -0.1) is 10.2 Å².